The van der Waals surface area contributed by atoms with E-state index in [9.17, 15) is 4.79 Å². The predicted octanol–water partition coefficient (Wildman–Crippen LogP) is 5.02. The maximum Gasteiger partial charge on any atom is 0.259 e. The summed E-state index contributed by atoms with van der Waals surface area (Å²) in [4.78, 5) is 12.3. The molecule has 0 aromatic heterocycles. The number of amides is 1. The molecule has 20 heavy (non-hydrogen) atoms. The topological polar surface area (TPSA) is 38.3 Å². The fourth-order valence-electron chi connectivity index (χ4n) is 1.67. The molecule has 0 heterocycles. The maximum absolute atomic E-state index is 12.3. The number of carbonyl (C=O) groups is 1. The molecule has 2 aromatic carbocycles. The monoisotopic (exact) mass is 373 g/mol. The lowest BCUT2D eigenvalue weighted by atomic mass is 10.2. The number of rotatable bonds is 3. The van der Waals surface area contributed by atoms with Crippen molar-refractivity contribution in [3.63, 3.8) is 0 Å². The zero-order valence-electron chi connectivity index (χ0n) is 10.4. The first-order valence-electron chi connectivity index (χ1n) is 5.61. The first-order chi connectivity index (χ1) is 9.51. The van der Waals surface area contributed by atoms with Gasteiger partial charge in [0.25, 0.3) is 5.91 Å². The second-order valence-corrected chi connectivity index (χ2v) is 5.66. The molecular weight excluding hydrogens is 365 g/mol. The standard InChI is InChI=1S/C14H10BrCl2NO2/c1-20-13-11(6-9(17)7-12(13)15)14(19)18-10-4-2-8(16)3-5-10/h2-7H,1H3,(H,18,19). The number of nitrogens with one attached hydrogen (secondary N) is 1. The largest absolute Gasteiger partial charge is 0.495 e. The molecule has 3 nitrogen and oxygen atoms in total. The Morgan fingerprint density at radius 3 is 2.40 bits per heavy atom. The van der Waals surface area contributed by atoms with Gasteiger partial charge in [-0.05, 0) is 52.3 Å². The van der Waals surface area contributed by atoms with Crippen LogP contribution in [0.5, 0.6) is 5.75 Å². The lowest BCUT2D eigenvalue weighted by Crippen LogP contribution is -2.13. The molecule has 0 aliphatic heterocycles. The van der Waals surface area contributed by atoms with Crippen molar-refractivity contribution in [3.05, 3.63) is 56.5 Å². The average molecular weight is 375 g/mol. The van der Waals surface area contributed by atoms with Crippen molar-refractivity contribution in [3.8, 4) is 5.75 Å². The van der Waals surface area contributed by atoms with E-state index < -0.39 is 0 Å². The Hall–Kier alpha value is -1.23. The number of carbonyl (C=O) groups excluding carboxylic acids is 1. The molecule has 0 saturated carbocycles. The molecule has 2 aromatic rings. The van der Waals surface area contributed by atoms with E-state index in [4.69, 9.17) is 27.9 Å². The van der Waals surface area contributed by atoms with E-state index in [1.807, 2.05) is 0 Å². The highest BCUT2D eigenvalue weighted by Crippen LogP contribution is 2.33. The van der Waals surface area contributed by atoms with Crippen LogP contribution in [0, 0.1) is 0 Å². The smallest absolute Gasteiger partial charge is 0.259 e. The highest BCUT2D eigenvalue weighted by molar-refractivity contribution is 9.10. The van der Waals surface area contributed by atoms with Crippen molar-refractivity contribution in [1.82, 2.24) is 0 Å². The Morgan fingerprint density at radius 2 is 1.80 bits per heavy atom. The van der Waals surface area contributed by atoms with Crippen molar-refractivity contribution >= 4 is 50.7 Å². The van der Waals surface area contributed by atoms with Gasteiger partial charge in [0.05, 0.1) is 17.1 Å². The molecule has 2 rings (SSSR count). The van der Waals surface area contributed by atoms with Crippen LogP contribution in [0.4, 0.5) is 5.69 Å². The molecule has 104 valence electrons. The first kappa shape index (κ1) is 15.2. The quantitative estimate of drug-likeness (QED) is 0.819. The number of halogens is 3. The summed E-state index contributed by atoms with van der Waals surface area (Å²) in [6.45, 7) is 0. The summed E-state index contributed by atoms with van der Waals surface area (Å²) in [6, 6.07) is 10.0. The molecular formula is C14H10BrCl2NO2. The minimum absolute atomic E-state index is 0.313. The van der Waals surface area contributed by atoms with Gasteiger partial charge in [-0.1, -0.05) is 23.2 Å². The number of benzene rings is 2. The van der Waals surface area contributed by atoms with Crippen LogP contribution in [-0.4, -0.2) is 13.0 Å². The first-order valence-corrected chi connectivity index (χ1v) is 7.16. The molecule has 0 fully saturated rings. The van der Waals surface area contributed by atoms with Crippen LogP contribution in [0.2, 0.25) is 10.0 Å². The summed E-state index contributed by atoms with van der Waals surface area (Å²) in [5.41, 5.74) is 0.986. The number of hydrogen-bond acceptors (Lipinski definition) is 2. The summed E-state index contributed by atoms with van der Waals surface area (Å²) >= 11 is 15.1. The van der Waals surface area contributed by atoms with Crippen molar-refractivity contribution in [2.45, 2.75) is 0 Å². The Bertz CT molecular complexity index is 644. The van der Waals surface area contributed by atoms with Gasteiger partial charge in [-0.2, -0.15) is 0 Å². The molecule has 0 aliphatic rings. The van der Waals surface area contributed by atoms with Crippen LogP contribution in [0.25, 0.3) is 0 Å². The molecule has 0 saturated heterocycles. The van der Waals surface area contributed by atoms with E-state index in [1.165, 1.54) is 7.11 Å². The third-order valence-electron chi connectivity index (χ3n) is 2.56. The van der Waals surface area contributed by atoms with Crippen LogP contribution in [0.3, 0.4) is 0 Å². The second-order valence-electron chi connectivity index (χ2n) is 3.93. The maximum atomic E-state index is 12.3. The van der Waals surface area contributed by atoms with Gasteiger partial charge in [0.2, 0.25) is 0 Å². The average Bonchev–Trinajstić information content (AvgIpc) is 2.40. The summed E-state index contributed by atoms with van der Waals surface area (Å²) in [7, 11) is 1.49. The van der Waals surface area contributed by atoms with Gasteiger partial charge in [0.15, 0.2) is 0 Å². The van der Waals surface area contributed by atoms with Crippen molar-refractivity contribution in [2.24, 2.45) is 0 Å². The molecule has 0 bridgehead atoms. The van der Waals surface area contributed by atoms with Gasteiger partial charge in [-0.25, -0.2) is 0 Å². The van der Waals surface area contributed by atoms with Crippen LogP contribution >= 0.6 is 39.1 Å². The molecule has 1 N–H and O–H groups in total. The summed E-state index contributed by atoms with van der Waals surface area (Å²) in [6.07, 6.45) is 0. The van der Waals surface area contributed by atoms with E-state index in [-0.39, 0.29) is 5.91 Å². The lowest BCUT2D eigenvalue weighted by Gasteiger charge is -2.11. The van der Waals surface area contributed by atoms with Crippen molar-refractivity contribution in [2.75, 3.05) is 12.4 Å². The number of hydrogen-bond donors (Lipinski definition) is 1. The minimum Gasteiger partial charge on any atom is -0.495 e. The van der Waals surface area contributed by atoms with E-state index in [0.717, 1.165) is 0 Å². The Balaban J connectivity index is 2.31. The number of ether oxygens (including phenoxy) is 1. The number of methoxy groups -OCH3 is 1. The van der Waals surface area contributed by atoms with Gasteiger partial charge in [-0.3, -0.25) is 4.79 Å². The van der Waals surface area contributed by atoms with E-state index in [1.54, 1.807) is 36.4 Å². The zero-order valence-corrected chi connectivity index (χ0v) is 13.5. The SMILES string of the molecule is COc1c(Br)cc(Cl)cc1C(=O)Nc1ccc(Cl)cc1. The normalized spacial score (nSPS) is 10.2. The molecule has 0 aliphatic carbocycles. The van der Waals surface area contributed by atoms with Crippen molar-refractivity contribution in [1.29, 1.82) is 0 Å². The Morgan fingerprint density at radius 1 is 1.15 bits per heavy atom. The Labute approximate surface area is 135 Å². The molecule has 0 radical (unpaired) electrons. The third kappa shape index (κ3) is 3.45. The van der Waals surface area contributed by atoms with Gasteiger partial charge in [0.1, 0.15) is 5.75 Å². The van der Waals surface area contributed by atoms with E-state index in [0.29, 0.717) is 31.5 Å². The van der Waals surface area contributed by atoms with Gasteiger partial charge in [0, 0.05) is 15.7 Å². The van der Waals surface area contributed by atoms with Gasteiger partial charge >= 0.3 is 0 Å². The highest BCUT2D eigenvalue weighted by Gasteiger charge is 2.16. The van der Waals surface area contributed by atoms with Crippen LogP contribution in [0.15, 0.2) is 40.9 Å². The van der Waals surface area contributed by atoms with Crippen LogP contribution in [-0.2, 0) is 0 Å². The van der Waals surface area contributed by atoms with Crippen LogP contribution in [0.1, 0.15) is 10.4 Å². The summed E-state index contributed by atoms with van der Waals surface area (Å²) in [5, 5.41) is 3.80. The highest BCUT2D eigenvalue weighted by atomic mass is 79.9. The molecule has 1 amide bonds. The zero-order chi connectivity index (χ0) is 14.7. The Kier molecular flexibility index (Phi) is 4.91. The van der Waals surface area contributed by atoms with Gasteiger partial charge < -0.3 is 10.1 Å². The molecule has 0 atom stereocenters. The fraction of sp³-hybridized carbons (Fsp3) is 0.0714. The van der Waals surface area contributed by atoms with Crippen LogP contribution < -0.4 is 10.1 Å². The summed E-state index contributed by atoms with van der Waals surface area (Å²) < 4.78 is 5.84. The third-order valence-corrected chi connectivity index (χ3v) is 3.62. The van der Waals surface area contributed by atoms with Crippen molar-refractivity contribution < 1.29 is 9.53 Å². The molecule has 0 spiro atoms. The molecule has 0 unspecified atom stereocenters. The second kappa shape index (κ2) is 6.48. The fourth-order valence-corrected chi connectivity index (χ4v) is 2.77. The summed E-state index contributed by atoms with van der Waals surface area (Å²) in [5.74, 6) is 0.119. The minimum atomic E-state index is -0.313. The number of anilines is 1. The van der Waals surface area contributed by atoms with E-state index in [2.05, 4.69) is 21.2 Å². The lowest BCUT2D eigenvalue weighted by molar-refractivity contribution is 0.102. The van der Waals surface area contributed by atoms with Gasteiger partial charge in [-0.15, -0.1) is 0 Å². The van der Waals surface area contributed by atoms with E-state index >= 15 is 0 Å². The predicted molar refractivity (Wildman–Crippen MR) is 85.1 cm³/mol. The molecule has 6 heteroatoms.